The molecule has 0 atom stereocenters. The summed E-state index contributed by atoms with van der Waals surface area (Å²) in [6, 6.07) is 3.92. The van der Waals surface area contributed by atoms with E-state index in [1.54, 1.807) is 20.2 Å². The fraction of sp³-hybridized carbons (Fsp3) is 0.294. The number of aromatic nitrogens is 3. The summed E-state index contributed by atoms with van der Waals surface area (Å²) in [6.07, 6.45) is 3.06. The van der Waals surface area contributed by atoms with Crippen molar-refractivity contribution in [3.8, 4) is 0 Å². The van der Waals surface area contributed by atoms with E-state index in [1.807, 2.05) is 19.1 Å². The number of hydrogen-bond donors (Lipinski definition) is 2. The second-order valence-electron chi connectivity index (χ2n) is 5.60. The van der Waals surface area contributed by atoms with Crippen molar-refractivity contribution >= 4 is 27.5 Å². The van der Waals surface area contributed by atoms with Gasteiger partial charge in [0.15, 0.2) is 0 Å². The van der Waals surface area contributed by atoms with Crippen LogP contribution < -0.4 is 10.9 Å². The first-order valence-electron chi connectivity index (χ1n) is 7.66. The Balaban J connectivity index is 1.95. The molecular weight excluding hydrogens is 324 g/mol. The summed E-state index contributed by atoms with van der Waals surface area (Å²) in [7, 11) is 1.57. The standard InChI is InChI=1S/C17H18N4O2S/c1-9-5-4-8-19-11(9)6-7-12-20-15(22)13-10(2)14(16(23)18-3)24-17(13)21-12/h4-5,8H,6-7H2,1-3H3,(H,18,23)(H,20,21,22). The molecule has 0 aliphatic carbocycles. The predicted octanol–water partition coefficient (Wildman–Crippen LogP) is 2.14. The Morgan fingerprint density at radius 1 is 1.33 bits per heavy atom. The second kappa shape index (κ2) is 6.52. The number of thiophene rings is 1. The van der Waals surface area contributed by atoms with Gasteiger partial charge in [-0.15, -0.1) is 11.3 Å². The maximum atomic E-state index is 12.4. The van der Waals surface area contributed by atoms with Crippen LogP contribution in [0.3, 0.4) is 0 Å². The highest BCUT2D eigenvalue weighted by atomic mass is 32.1. The summed E-state index contributed by atoms with van der Waals surface area (Å²) in [5.41, 5.74) is 2.59. The first-order valence-corrected chi connectivity index (χ1v) is 8.47. The Kier molecular flexibility index (Phi) is 4.44. The molecule has 0 aliphatic rings. The fourth-order valence-electron chi connectivity index (χ4n) is 2.65. The number of carbonyl (C=O) groups is 1. The van der Waals surface area contributed by atoms with Crippen LogP contribution in [0.15, 0.2) is 23.1 Å². The summed E-state index contributed by atoms with van der Waals surface area (Å²) in [4.78, 5) is 37.1. The minimum atomic E-state index is -0.198. The molecule has 3 aromatic rings. The molecular formula is C17H18N4O2S. The van der Waals surface area contributed by atoms with Gasteiger partial charge in [-0.1, -0.05) is 6.07 Å². The van der Waals surface area contributed by atoms with E-state index in [4.69, 9.17) is 0 Å². The lowest BCUT2D eigenvalue weighted by Crippen LogP contribution is -2.17. The molecule has 24 heavy (non-hydrogen) atoms. The summed E-state index contributed by atoms with van der Waals surface area (Å²) >= 11 is 1.25. The number of carbonyl (C=O) groups excluding carboxylic acids is 1. The van der Waals surface area contributed by atoms with Crippen LogP contribution >= 0.6 is 11.3 Å². The van der Waals surface area contributed by atoms with Crippen molar-refractivity contribution in [2.24, 2.45) is 0 Å². The number of hydrogen-bond acceptors (Lipinski definition) is 5. The van der Waals surface area contributed by atoms with Crippen molar-refractivity contribution < 1.29 is 4.79 Å². The van der Waals surface area contributed by atoms with E-state index in [9.17, 15) is 9.59 Å². The summed E-state index contributed by atoms with van der Waals surface area (Å²) in [5.74, 6) is 0.419. The minimum absolute atomic E-state index is 0.194. The number of nitrogens with one attached hydrogen (secondary N) is 2. The van der Waals surface area contributed by atoms with Gasteiger partial charge in [0, 0.05) is 25.4 Å². The van der Waals surface area contributed by atoms with E-state index in [1.165, 1.54) is 11.3 Å². The third kappa shape index (κ3) is 2.94. The molecule has 0 aromatic carbocycles. The van der Waals surface area contributed by atoms with E-state index >= 15 is 0 Å². The van der Waals surface area contributed by atoms with Gasteiger partial charge in [-0.25, -0.2) is 4.98 Å². The van der Waals surface area contributed by atoms with Gasteiger partial charge < -0.3 is 10.3 Å². The first kappa shape index (κ1) is 16.3. The van der Waals surface area contributed by atoms with Crippen molar-refractivity contribution in [2.45, 2.75) is 26.7 Å². The highest BCUT2D eigenvalue weighted by molar-refractivity contribution is 7.20. The van der Waals surface area contributed by atoms with Crippen molar-refractivity contribution in [1.82, 2.24) is 20.3 Å². The van der Waals surface area contributed by atoms with Gasteiger partial charge >= 0.3 is 0 Å². The van der Waals surface area contributed by atoms with Crippen LogP contribution in [0.5, 0.6) is 0 Å². The third-order valence-electron chi connectivity index (χ3n) is 4.00. The molecule has 0 aliphatic heterocycles. The number of nitrogens with zero attached hydrogens (tertiary/aromatic N) is 2. The van der Waals surface area contributed by atoms with Crippen LogP contribution in [-0.2, 0) is 12.8 Å². The van der Waals surface area contributed by atoms with Crippen molar-refractivity contribution in [1.29, 1.82) is 0 Å². The monoisotopic (exact) mass is 342 g/mol. The molecule has 0 fully saturated rings. The lowest BCUT2D eigenvalue weighted by Gasteiger charge is -2.04. The molecule has 3 aromatic heterocycles. The number of fused-ring (bicyclic) bond motifs is 1. The van der Waals surface area contributed by atoms with Crippen LogP contribution in [0.4, 0.5) is 0 Å². The van der Waals surface area contributed by atoms with Gasteiger partial charge in [-0.2, -0.15) is 0 Å². The Morgan fingerprint density at radius 3 is 2.83 bits per heavy atom. The van der Waals surface area contributed by atoms with Crippen LogP contribution in [0, 0.1) is 13.8 Å². The molecule has 0 unspecified atom stereocenters. The van der Waals surface area contributed by atoms with Gasteiger partial charge in [-0.05, 0) is 37.5 Å². The molecule has 124 valence electrons. The van der Waals surface area contributed by atoms with Crippen molar-refractivity contribution in [3.63, 3.8) is 0 Å². The Hall–Kier alpha value is -2.54. The number of aryl methyl sites for hydroxylation is 4. The van der Waals surface area contributed by atoms with E-state index in [0.717, 1.165) is 11.3 Å². The first-order chi connectivity index (χ1) is 11.5. The fourth-order valence-corrected chi connectivity index (χ4v) is 3.80. The van der Waals surface area contributed by atoms with Crippen LogP contribution in [0.1, 0.15) is 32.3 Å². The largest absolute Gasteiger partial charge is 0.354 e. The normalized spacial score (nSPS) is 11.0. The molecule has 6 nitrogen and oxygen atoms in total. The van der Waals surface area contributed by atoms with Gasteiger partial charge in [0.1, 0.15) is 10.7 Å². The highest BCUT2D eigenvalue weighted by Gasteiger charge is 2.18. The molecule has 3 heterocycles. The lowest BCUT2D eigenvalue weighted by molar-refractivity contribution is 0.0966. The quantitative estimate of drug-likeness (QED) is 0.760. The molecule has 0 saturated carbocycles. The molecule has 0 saturated heterocycles. The Labute approximate surface area is 143 Å². The molecule has 1 amide bonds. The van der Waals surface area contributed by atoms with Crippen molar-refractivity contribution in [3.05, 3.63) is 56.2 Å². The Bertz CT molecular complexity index is 974. The van der Waals surface area contributed by atoms with Crippen LogP contribution in [0.25, 0.3) is 10.2 Å². The minimum Gasteiger partial charge on any atom is -0.354 e. The van der Waals surface area contributed by atoms with Crippen LogP contribution in [0.2, 0.25) is 0 Å². The SMILES string of the molecule is CNC(=O)c1sc2nc(CCc3ncccc3C)[nH]c(=O)c2c1C. The molecule has 2 N–H and O–H groups in total. The van der Waals surface area contributed by atoms with E-state index in [-0.39, 0.29) is 11.5 Å². The Morgan fingerprint density at radius 2 is 2.12 bits per heavy atom. The summed E-state index contributed by atoms with van der Waals surface area (Å²) < 4.78 is 0. The average molecular weight is 342 g/mol. The zero-order valence-corrected chi connectivity index (χ0v) is 14.6. The summed E-state index contributed by atoms with van der Waals surface area (Å²) in [5, 5.41) is 3.09. The number of rotatable bonds is 4. The number of aromatic amines is 1. The smallest absolute Gasteiger partial charge is 0.261 e. The molecule has 3 rings (SSSR count). The third-order valence-corrected chi connectivity index (χ3v) is 5.18. The van der Waals surface area contributed by atoms with E-state index < -0.39 is 0 Å². The van der Waals surface area contributed by atoms with Gasteiger partial charge in [0.05, 0.1) is 10.3 Å². The van der Waals surface area contributed by atoms with Crippen molar-refractivity contribution in [2.75, 3.05) is 7.05 Å². The number of H-pyrrole nitrogens is 1. The van der Waals surface area contributed by atoms with Crippen LogP contribution in [-0.4, -0.2) is 27.9 Å². The number of amides is 1. The maximum Gasteiger partial charge on any atom is 0.261 e. The molecule has 0 spiro atoms. The van der Waals surface area contributed by atoms with E-state index in [2.05, 4.69) is 20.3 Å². The predicted molar refractivity (Wildman–Crippen MR) is 94.7 cm³/mol. The van der Waals surface area contributed by atoms with Gasteiger partial charge in [0.2, 0.25) is 0 Å². The number of pyridine rings is 1. The topological polar surface area (TPSA) is 87.7 Å². The maximum absolute atomic E-state index is 12.4. The van der Waals surface area contributed by atoms with E-state index in [0.29, 0.717) is 39.3 Å². The average Bonchev–Trinajstić information content (AvgIpc) is 2.90. The zero-order valence-electron chi connectivity index (χ0n) is 13.8. The molecule has 7 heteroatoms. The summed E-state index contributed by atoms with van der Waals surface area (Å²) in [6.45, 7) is 3.79. The lowest BCUT2D eigenvalue weighted by atomic mass is 10.1. The van der Waals surface area contributed by atoms with Gasteiger partial charge in [-0.3, -0.25) is 14.6 Å². The zero-order chi connectivity index (χ0) is 17.3. The van der Waals surface area contributed by atoms with Gasteiger partial charge in [0.25, 0.3) is 11.5 Å². The molecule has 0 radical (unpaired) electrons. The molecule has 0 bridgehead atoms. The highest BCUT2D eigenvalue weighted by Crippen LogP contribution is 2.26. The second-order valence-corrected chi connectivity index (χ2v) is 6.59.